The number of likely N-dealkylation sites (tertiary alicyclic amines) is 1. The van der Waals surface area contributed by atoms with Gasteiger partial charge in [0.1, 0.15) is 18.1 Å². The predicted molar refractivity (Wildman–Crippen MR) is 121 cm³/mol. The molecule has 0 bridgehead atoms. The number of aromatic amines is 1. The summed E-state index contributed by atoms with van der Waals surface area (Å²) in [6.07, 6.45) is 4.14. The van der Waals surface area contributed by atoms with E-state index in [2.05, 4.69) is 20.6 Å². The van der Waals surface area contributed by atoms with Gasteiger partial charge < -0.3 is 42.2 Å². The number of hydrogen-bond donors (Lipinski definition) is 7. The summed E-state index contributed by atoms with van der Waals surface area (Å²) >= 11 is 0. The van der Waals surface area contributed by atoms with Gasteiger partial charge in [0.05, 0.1) is 18.5 Å². The zero-order valence-corrected chi connectivity index (χ0v) is 19.3. The molecule has 1 saturated heterocycles. The average molecular weight is 482 g/mol. The van der Waals surface area contributed by atoms with Crippen molar-refractivity contribution in [2.45, 2.75) is 75.7 Å². The first-order valence-corrected chi connectivity index (χ1v) is 11.4. The third-order valence-electron chi connectivity index (χ3n) is 5.78. The second kappa shape index (κ2) is 13.0. The molecule has 3 amide bonds. The molecule has 1 aromatic heterocycles. The van der Waals surface area contributed by atoms with Crippen LogP contribution in [0, 0.1) is 0 Å². The van der Waals surface area contributed by atoms with E-state index < -0.39 is 54.0 Å². The van der Waals surface area contributed by atoms with Crippen molar-refractivity contribution in [3.8, 4) is 0 Å². The first kappa shape index (κ1) is 27.2. The second-order valence-corrected chi connectivity index (χ2v) is 8.49. The topological polar surface area (TPSA) is 217 Å². The normalized spacial score (nSPS) is 19.2. The molecule has 13 heteroatoms. The molecule has 0 aliphatic carbocycles. The van der Waals surface area contributed by atoms with Gasteiger partial charge in [0.2, 0.25) is 17.7 Å². The Hall–Kier alpha value is -3.03. The van der Waals surface area contributed by atoms with Gasteiger partial charge in [-0.25, -0.2) is 9.78 Å². The van der Waals surface area contributed by atoms with Crippen LogP contribution < -0.4 is 22.1 Å². The minimum absolute atomic E-state index is 0.155. The summed E-state index contributed by atoms with van der Waals surface area (Å²) in [7, 11) is 0. The highest BCUT2D eigenvalue weighted by atomic mass is 16.4. The van der Waals surface area contributed by atoms with E-state index in [9.17, 15) is 29.4 Å². The van der Waals surface area contributed by atoms with Crippen LogP contribution >= 0.6 is 0 Å². The molecule has 190 valence electrons. The molecule has 1 fully saturated rings. The molecule has 9 N–H and O–H groups in total. The number of carboxylic acids is 1. The van der Waals surface area contributed by atoms with Gasteiger partial charge in [0.25, 0.3) is 0 Å². The maximum Gasteiger partial charge on any atom is 0.326 e. The second-order valence-electron chi connectivity index (χ2n) is 8.49. The Morgan fingerprint density at radius 2 is 2.03 bits per heavy atom. The fourth-order valence-electron chi connectivity index (χ4n) is 3.87. The van der Waals surface area contributed by atoms with Crippen LogP contribution in [-0.4, -0.2) is 92.1 Å². The number of carbonyl (C=O) groups excluding carboxylic acids is 3. The summed E-state index contributed by atoms with van der Waals surface area (Å²) in [5, 5.41) is 24.6. The highest BCUT2D eigenvalue weighted by Crippen LogP contribution is 2.20. The van der Waals surface area contributed by atoms with E-state index in [-0.39, 0.29) is 19.4 Å². The van der Waals surface area contributed by atoms with Crippen LogP contribution in [0.25, 0.3) is 0 Å². The van der Waals surface area contributed by atoms with Crippen LogP contribution in [0.1, 0.15) is 44.7 Å². The number of imidazole rings is 1. The van der Waals surface area contributed by atoms with Gasteiger partial charge in [-0.3, -0.25) is 14.4 Å². The monoisotopic (exact) mass is 481 g/mol. The van der Waals surface area contributed by atoms with Crippen molar-refractivity contribution >= 4 is 23.7 Å². The van der Waals surface area contributed by atoms with Crippen molar-refractivity contribution in [2.75, 3.05) is 13.1 Å². The minimum atomic E-state index is -1.31. The molecule has 5 atom stereocenters. The van der Waals surface area contributed by atoms with Crippen LogP contribution in [0.15, 0.2) is 12.5 Å². The molecule has 1 aliphatic rings. The number of nitrogens with two attached hydrogens (primary N) is 2. The zero-order chi connectivity index (χ0) is 25.3. The molecule has 0 saturated carbocycles. The van der Waals surface area contributed by atoms with Gasteiger partial charge in [0.15, 0.2) is 0 Å². The largest absolute Gasteiger partial charge is 0.480 e. The molecule has 13 nitrogen and oxygen atoms in total. The number of nitrogens with zero attached hydrogens (tertiary/aromatic N) is 2. The Balaban J connectivity index is 2.04. The van der Waals surface area contributed by atoms with Gasteiger partial charge in [0, 0.05) is 24.9 Å². The average Bonchev–Trinajstić information content (AvgIpc) is 3.48. The van der Waals surface area contributed by atoms with E-state index in [1.807, 2.05) is 0 Å². The van der Waals surface area contributed by atoms with E-state index in [0.29, 0.717) is 37.9 Å². The number of amides is 3. The molecule has 34 heavy (non-hydrogen) atoms. The minimum Gasteiger partial charge on any atom is -0.480 e. The number of H-pyrrole nitrogens is 1. The summed E-state index contributed by atoms with van der Waals surface area (Å²) in [4.78, 5) is 58.1. The number of rotatable bonds is 13. The molecule has 1 aromatic rings. The van der Waals surface area contributed by atoms with Crippen molar-refractivity contribution in [1.29, 1.82) is 0 Å². The smallest absolute Gasteiger partial charge is 0.326 e. The summed E-state index contributed by atoms with van der Waals surface area (Å²) < 4.78 is 0. The number of hydrogen-bond acceptors (Lipinski definition) is 8. The van der Waals surface area contributed by atoms with Crippen LogP contribution in [-0.2, 0) is 25.6 Å². The Morgan fingerprint density at radius 1 is 1.29 bits per heavy atom. The maximum absolute atomic E-state index is 13.2. The lowest BCUT2D eigenvalue weighted by atomic mass is 10.1. The third kappa shape index (κ3) is 7.50. The summed E-state index contributed by atoms with van der Waals surface area (Å²) in [5.41, 5.74) is 12.0. The lowest BCUT2D eigenvalue weighted by molar-refractivity contribution is -0.146. The Kier molecular flexibility index (Phi) is 10.4. The van der Waals surface area contributed by atoms with Gasteiger partial charge in [-0.1, -0.05) is 0 Å². The first-order chi connectivity index (χ1) is 16.1. The van der Waals surface area contributed by atoms with Gasteiger partial charge >= 0.3 is 5.97 Å². The SMILES string of the molecule is CC(O)C(NC(=O)C(N)Cc1cnc[nH]1)C(=O)N1CCCC1C(=O)NC(CCCCN)C(=O)O. The number of carbonyl (C=O) groups is 4. The summed E-state index contributed by atoms with van der Waals surface area (Å²) in [6, 6.07) is -4.30. The Morgan fingerprint density at radius 3 is 2.62 bits per heavy atom. The molecule has 1 aliphatic heterocycles. The maximum atomic E-state index is 13.2. The number of aromatic nitrogens is 2. The first-order valence-electron chi connectivity index (χ1n) is 11.4. The Labute approximate surface area is 197 Å². The summed E-state index contributed by atoms with van der Waals surface area (Å²) in [6.45, 7) is 2.01. The molecular weight excluding hydrogens is 446 g/mol. The molecule has 2 rings (SSSR count). The number of nitrogens with one attached hydrogen (secondary N) is 3. The van der Waals surface area contributed by atoms with Gasteiger partial charge in [-0.15, -0.1) is 0 Å². The van der Waals surface area contributed by atoms with E-state index in [1.54, 1.807) is 0 Å². The van der Waals surface area contributed by atoms with Gasteiger partial charge in [-0.05, 0) is 45.6 Å². The van der Waals surface area contributed by atoms with E-state index in [1.165, 1.54) is 24.3 Å². The number of aliphatic hydroxyl groups excluding tert-OH is 1. The number of unbranched alkanes of at least 4 members (excludes halogenated alkanes) is 1. The molecule has 2 heterocycles. The fraction of sp³-hybridized carbons (Fsp3) is 0.667. The molecule has 0 aromatic carbocycles. The quantitative estimate of drug-likeness (QED) is 0.152. The zero-order valence-electron chi connectivity index (χ0n) is 19.3. The standard InChI is InChI=1S/C21H35N7O6/c1-12(29)17(27-18(30)14(23)9-13-10-24-11-25-13)20(32)28-8-4-6-16(28)19(31)26-15(21(33)34)5-2-3-7-22/h10-12,14-17,29H,2-9,22-23H2,1H3,(H,24,25)(H,26,31)(H,27,30)(H,33,34). The van der Waals surface area contributed by atoms with E-state index in [4.69, 9.17) is 11.5 Å². The fourth-order valence-corrected chi connectivity index (χ4v) is 3.87. The van der Waals surface area contributed by atoms with Crippen molar-refractivity contribution in [1.82, 2.24) is 25.5 Å². The van der Waals surface area contributed by atoms with Gasteiger partial charge in [-0.2, -0.15) is 0 Å². The van der Waals surface area contributed by atoms with Crippen LogP contribution in [0.3, 0.4) is 0 Å². The molecular formula is C21H35N7O6. The third-order valence-corrected chi connectivity index (χ3v) is 5.78. The van der Waals surface area contributed by atoms with E-state index >= 15 is 0 Å². The lowest BCUT2D eigenvalue weighted by Crippen LogP contribution is -2.59. The predicted octanol–water partition coefficient (Wildman–Crippen LogP) is -2.17. The lowest BCUT2D eigenvalue weighted by Gasteiger charge is -2.31. The highest BCUT2D eigenvalue weighted by molar-refractivity contribution is 5.94. The van der Waals surface area contributed by atoms with Crippen LogP contribution in [0.4, 0.5) is 0 Å². The molecule has 5 unspecified atom stereocenters. The van der Waals surface area contributed by atoms with Crippen molar-refractivity contribution in [2.24, 2.45) is 11.5 Å². The Bertz CT molecular complexity index is 832. The van der Waals surface area contributed by atoms with Crippen molar-refractivity contribution in [3.05, 3.63) is 18.2 Å². The number of aliphatic carboxylic acids is 1. The van der Waals surface area contributed by atoms with Crippen molar-refractivity contribution < 1.29 is 29.4 Å². The van der Waals surface area contributed by atoms with Crippen LogP contribution in [0.5, 0.6) is 0 Å². The molecule has 0 radical (unpaired) electrons. The highest BCUT2D eigenvalue weighted by Gasteiger charge is 2.40. The van der Waals surface area contributed by atoms with Crippen LogP contribution in [0.2, 0.25) is 0 Å². The van der Waals surface area contributed by atoms with Crippen molar-refractivity contribution in [3.63, 3.8) is 0 Å². The van der Waals surface area contributed by atoms with E-state index in [0.717, 1.165) is 0 Å². The summed E-state index contributed by atoms with van der Waals surface area (Å²) in [5.74, 6) is -3.02. The molecule has 0 spiro atoms. The number of aliphatic hydroxyl groups is 1. The number of carboxylic acid groups (broad SMARTS) is 1.